The molecule has 13 heteroatoms. The van der Waals surface area contributed by atoms with E-state index in [4.69, 9.17) is 10.6 Å². The van der Waals surface area contributed by atoms with Crippen LogP contribution in [-0.4, -0.2) is 65.5 Å². The summed E-state index contributed by atoms with van der Waals surface area (Å²) in [5, 5.41) is 23.4. The van der Waals surface area contributed by atoms with Crippen LogP contribution in [0.15, 0.2) is 5.16 Å². The summed E-state index contributed by atoms with van der Waals surface area (Å²) in [6.45, 7) is 10.4. The number of primary amides is 1. The normalized spacial score (nSPS) is 17.9. The lowest BCUT2D eigenvalue weighted by atomic mass is 9.99. The predicted molar refractivity (Wildman–Crippen MR) is 134 cm³/mol. The zero-order valence-electron chi connectivity index (χ0n) is 22.3. The molecule has 13 nitrogen and oxygen atoms in total. The van der Waals surface area contributed by atoms with Gasteiger partial charge in [0.15, 0.2) is 0 Å². The van der Waals surface area contributed by atoms with E-state index in [1.54, 1.807) is 20.8 Å². The lowest BCUT2D eigenvalue weighted by molar-refractivity contribution is -0.134. The van der Waals surface area contributed by atoms with Crippen molar-refractivity contribution in [3.63, 3.8) is 0 Å². The maximum atomic E-state index is 13.1. The Kier molecular flexibility index (Phi) is 12.5. The number of carbonyl (C=O) groups is 5. The van der Waals surface area contributed by atoms with Crippen LogP contribution in [0.25, 0.3) is 0 Å². The maximum Gasteiger partial charge on any atom is 0.269 e. The van der Waals surface area contributed by atoms with Gasteiger partial charge in [-0.1, -0.05) is 32.9 Å². The fourth-order valence-corrected chi connectivity index (χ4v) is 3.49. The van der Waals surface area contributed by atoms with Crippen molar-refractivity contribution in [2.24, 2.45) is 22.7 Å². The third kappa shape index (κ3) is 10.8. The van der Waals surface area contributed by atoms with E-state index in [-0.39, 0.29) is 42.9 Å². The summed E-state index contributed by atoms with van der Waals surface area (Å²) in [6.07, 6.45) is 0.355. The number of rotatable bonds is 14. The highest BCUT2D eigenvalue weighted by atomic mass is 16.6. The number of oxime groups is 1. The van der Waals surface area contributed by atoms with Gasteiger partial charge < -0.3 is 31.8 Å². The Balaban J connectivity index is 2.85. The predicted octanol–water partition coefficient (Wildman–Crippen LogP) is -0.399. The minimum atomic E-state index is -0.997. The Bertz CT molecular complexity index is 927. The molecule has 0 radical (unpaired) electrons. The molecule has 0 bridgehead atoms. The topological polar surface area (TPSA) is 205 Å². The van der Waals surface area contributed by atoms with E-state index < -0.39 is 53.7 Å². The molecule has 0 aromatic carbocycles. The summed E-state index contributed by atoms with van der Waals surface area (Å²) < 4.78 is 0. The average molecular weight is 522 g/mol. The Morgan fingerprint density at radius 1 is 1.03 bits per heavy atom. The number of nitrogens with one attached hydrogen (secondary N) is 4. The average Bonchev–Trinajstić information content (AvgIpc) is 3.24. The fraction of sp³-hybridized carbons (Fsp3) is 0.708. The van der Waals surface area contributed by atoms with Crippen molar-refractivity contribution in [2.75, 3.05) is 0 Å². The van der Waals surface area contributed by atoms with Crippen LogP contribution in [0.4, 0.5) is 0 Å². The zero-order valence-corrected chi connectivity index (χ0v) is 22.3. The number of nitriles is 1. The number of nitrogens with zero attached hydrogens (tertiary/aromatic N) is 2. The van der Waals surface area contributed by atoms with Crippen LogP contribution in [0.3, 0.4) is 0 Å². The van der Waals surface area contributed by atoms with Gasteiger partial charge in [-0.25, -0.2) is 0 Å². The molecule has 1 rings (SSSR count). The number of hydrogen-bond donors (Lipinski definition) is 5. The quantitative estimate of drug-likeness (QED) is 0.204. The van der Waals surface area contributed by atoms with Crippen molar-refractivity contribution < 1.29 is 28.8 Å². The summed E-state index contributed by atoms with van der Waals surface area (Å²) in [4.78, 5) is 67.1. The van der Waals surface area contributed by atoms with Gasteiger partial charge in [-0.05, 0) is 38.5 Å². The zero-order chi connectivity index (χ0) is 28.3. The smallest absolute Gasteiger partial charge is 0.269 e. The van der Waals surface area contributed by atoms with E-state index in [1.165, 1.54) is 6.92 Å². The summed E-state index contributed by atoms with van der Waals surface area (Å²) in [5.74, 6) is -3.20. The van der Waals surface area contributed by atoms with Crippen molar-refractivity contribution in [3.05, 3.63) is 0 Å². The molecule has 37 heavy (non-hydrogen) atoms. The first-order chi connectivity index (χ1) is 17.2. The second-order valence-corrected chi connectivity index (χ2v) is 9.97. The van der Waals surface area contributed by atoms with Crippen molar-refractivity contribution in [3.8, 4) is 6.07 Å². The Morgan fingerprint density at radius 2 is 1.68 bits per heavy atom. The molecule has 6 N–H and O–H groups in total. The summed E-state index contributed by atoms with van der Waals surface area (Å²) >= 11 is 0. The van der Waals surface area contributed by atoms with Crippen molar-refractivity contribution in [2.45, 2.75) is 97.5 Å². The molecule has 5 atom stereocenters. The van der Waals surface area contributed by atoms with Gasteiger partial charge in [-0.15, -0.1) is 0 Å². The van der Waals surface area contributed by atoms with E-state index in [1.807, 2.05) is 19.9 Å². The molecule has 1 aliphatic heterocycles. The van der Waals surface area contributed by atoms with Crippen LogP contribution >= 0.6 is 0 Å². The molecule has 0 aromatic heterocycles. The van der Waals surface area contributed by atoms with Gasteiger partial charge in [0, 0.05) is 12.8 Å². The monoisotopic (exact) mass is 521 g/mol. The third-order valence-corrected chi connectivity index (χ3v) is 5.57. The minimum absolute atomic E-state index is 0.0229. The summed E-state index contributed by atoms with van der Waals surface area (Å²) in [5.41, 5.74) is 5.30. The van der Waals surface area contributed by atoms with Gasteiger partial charge in [0.2, 0.25) is 23.6 Å². The molecular weight excluding hydrogens is 482 g/mol. The number of amides is 5. The molecule has 206 valence electrons. The minimum Gasteiger partial charge on any atom is -0.392 e. The summed E-state index contributed by atoms with van der Waals surface area (Å²) in [6, 6.07) is -1.98. The largest absolute Gasteiger partial charge is 0.392 e. The molecule has 1 heterocycles. The molecular formula is C24H39N7O6. The number of hydrogen-bond acceptors (Lipinski definition) is 8. The fourth-order valence-electron chi connectivity index (χ4n) is 3.49. The van der Waals surface area contributed by atoms with E-state index >= 15 is 0 Å². The number of nitrogens with two attached hydrogens (primary N) is 1. The second kappa shape index (κ2) is 14.8. The molecule has 0 fully saturated rings. The maximum absolute atomic E-state index is 13.1. The van der Waals surface area contributed by atoms with Gasteiger partial charge in [-0.2, -0.15) is 5.26 Å². The highest BCUT2D eigenvalue weighted by Crippen LogP contribution is 2.11. The molecule has 5 amide bonds. The second-order valence-electron chi connectivity index (χ2n) is 9.97. The molecule has 0 saturated heterocycles. The van der Waals surface area contributed by atoms with E-state index in [9.17, 15) is 29.2 Å². The van der Waals surface area contributed by atoms with Crippen LogP contribution in [0.2, 0.25) is 0 Å². The van der Waals surface area contributed by atoms with Crippen molar-refractivity contribution in [1.29, 1.82) is 5.26 Å². The Labute approximate surface area is 217 Å². The number of carbonyl (C=O) groups excluding carboxylic acids is 5. The van der Waals surface area contributed by atoms with Crippen molar-refractivity contribution >= 4 is 35.2 Å². The SMILES string of the molecule is CC(C)C[C@H](NC(=O)[C@@H](NC(=O)[C@H](C)NC(=O)C1=NOC(C)C1)C(C)C)C(=O)NC(C#N)CCC(N)=O. The highest BCUT2D eigenvalue weighted by Gasteiger charge is 2.32. The van der Waals surface area contributed by atoms with Crippen LogP contribution in [0, 0.1) is 23.2 Å². The standard InChI is InChI=1S/C24H39N7O6/c1-12(2)9-17(22(34)28-16(11-25)7-8-19(26)32)29-24(36)20(13(3)4)30-21(33)15(6)27-23(35)18-10-14(5)37-31-18/h12-17,20H,7-10H2,1-6H3,(H2,26,32)(H,27,35)(H,28,34)(H,29,36)(H,30,33)/t14?,15-,16?,17-,20-/m0/s1. The first kappa shape index (κ1) is 31.3. The lowest BCUT2D eigenvalue weighted by Gasteiger charge is -2.27. The lowest BCUT2D eigenvalue weighted by Crippen LogP contribution is -2.58. The van der Waals surface area contributed by atoms with Gasteiger partial charge >= 0.3 is 0 Å². The van der Waals surface area contributed by atoms with Crippen LogP contribution in [0.5, 0.6) is 0 Å². The van der Waals surface area contributed by atoms with Gasteiger partial charge in [0.1, 0.15) is 36.0 Å². The molecule has 2 unspecified atom stereocenters. The Hall–Kier alpha value is -3.69. The van der Waals surface area contributed by atoms with Gasteiger partial charge in [0.05, 0.1) is 6.07 Å². The molecule has 0 aliphatic carbocycles. The van der Waals surface area contributed by atoms with E-state index in [2.05, 4.69) is 26.4 Å². The first-order valence-electron chi connectivity index (χ1n) is 12.4. The van der Waals surface area contributed by atoms with Crippen molar-refractivity contribution in [1.82, 2.24) is 21.3 Å². The van der Waals surface area contributed by atoms with E-state index in [0.717, 1.165) is 0 Å². The molecule has 0 aromatic rings. The first-order valence-corrected chi connectivity index (χ1v) is 12.4. The van der Waals surface area contributed by atoms with Crippen LogP contribution in [0.1, 0.15) is 67.2 Å². The van der Waals surface area contributed by atoms with Gasteiger partial charge in [0.25, 0.3) is 5.91 Å². The third-order valence-electron chi connectivity index (χ3n) is 5.57. The highest BCUT2D eigenvalue weighted by molar-refractivity contribution is 6.39. The van der Waals surface area contributed by atoms with Crippen LogP contribution < -0.4 is 27.0 Å². The van der Waals surface area contributed by atoms with Gasteiger partial charge in [-0.3, -0.25) is 24.0 Å². The summed E-state index contributed by atoms with van der Waals surface area (Å²) in [7, 11) is 0. The molecule has 0 spiro atoms. The molecule has 0 saturated carbocycles. The van der Waals surface area contributed by atoms with Crippen LogP contribution in [-0.2, 0) is 28.8 Å². The molecule has 1 aliphatic rings. The Morgan fingerprint density at radius 3 is 2.16 bits per heavy atom. The van der Waals surface area contributed by atoms with E-state index in [0.29, 0.717) is 6.42 Å².